The summed E-state index contributed by atoms with van der Waals surface area (Å²) in [6, 6.07) is 4.12. The highest BCUT2D eigenvalue weighted by molar-refractivity contribution is 5.80. The molecule has 0 aliphatic heterocycles. The van der Waals surface area contributed by atoms with Crippen LogP contribution < -0.4 is 11.4 Å². The number of hydrogen-bond acceptors (Lipinski definition) is 3. The predicted molar refractivity (Wildman–Crippen MR) is 55.1 cm³/mol. The number of rotatable bonds is 2. The lowest BCUT2D eigenvalue weighted by atomic mass is 10.1. The van der Waals surface area contributed by atoms with E-state index >= 15 is 0 Å². The molecule has 1 aromatic carbocycles. The molecular weight excluding hydrogens is 197 g/mol. The lowest BCUT2D eigenvalue weighted by molar-refractivity contribution is 0.629. The number of fused-ring (bicyclic) bond motifs is 1. The smallest absolute Gasteiger partial charge is 0.330 e. The Morgan fingerprint density at radius 1 is 1.47 bits per heavy atom. The van der Waals surface area contributed by atoms with E-state index in [1.165, 1.54) is 18.2 Å². The van der Waals surface area contributed by atoms with Crippen LogP contribution in [-0.4, -0.2) is 16.5 Å². The number of benzene rings is 1. The van der Waals surface area contributed by atoms with Gasteiger partial charge in [-0.2, -0.15) is 4.98 Å². The van der Waals surface area contributed by atoms with Gasteiger partial charge in [-0.15, -0.1) is 0 Å². The number of nitrogens with zero attached hydrogens (tertiary/aromatic N) is 1. The molecule has 2 aromatic rings. The summed E-state index contributed by atoms with van der Waals surface area (Å²) in [6.07, 6.45) is 0.498. The fraction of sp³-hybridized carbons (Fsp3) is 0.200. The molecule has 78 valence electrons. The number of aromatic nitrogens is 2. The first-order chi connectivity index (χ1) is 7.20. The third-order valence-electron chi connectivity index (χ3n) is 2.16. The largest absolute Gasteiger partial charge is 0.345 e. The van der Waals surface area contributed by atoms with Gasteiger partial charge in [-0.25, -0.2) is 9.18 Å². The van der Waals surface area contributed by atoms with E-state index in [0.717, 1.165) is 0 Å². The molecule has 0 saturated heterocycles. The van der Waals surface area contributed by atoms with Crippen molar-refractivity contribution >= 4 is 10.9 Å². The third kappa shape index (κ3) is 1.87. The normalized spacial score (nSPS) is 10.8. The summed E-state index contributed by atoms with van der Waals surface area (Å²) in [7, 11) is 0. The minimum absolute atomic E-state index is 0.352. The number of aromatic amines is 1. The molecule has 0 fully saturated rings. The number of nitrogens with one attached hydrogen (secondary N) is 1. The number of nitrogens with two attached hydrogens (primary N) is 1. The summed E-state index contributed by atoms with van der Waals surface area (Å²) in [5.41, 5.74) is 6.09. The van der Waals surface area contributed by atoms with Crippen LogP contribution in [0.25, 0.3) is 10.9 Å². The maximum atomic E-state index is 13.0. The van der Waals surface area contributed by atoms with E-state index < -0.39 is 5.69 Å². The molecule has 0 bridgehead atoms. The first-order valence-electron chi connectivity index (χ1n) is 4.59. The Labute approximate surface area is 84.9 Å². The Morgan fingerprint density at radius 3 is 3.00 bits per heavy atom. The predicted octanol–water partition coefficient (Wildman–Crippen LogP) is 0.563. The molecule has 0 aliphatic carbocycles. The van der Waals surface area contributed by atoms with Crippen molar-refractivity contribution in [1.82, 2.24) is 9.97 Å². The van der Waals surface area contributed by atoms with E-state index in [2.05, 4.69) is 9.97 Å². The van der Waals surface area contributed by atoms with Gasteiger partial charge in [-0.1, -0.05) is 0 Å². The van der Waals surface area contributed by atoms with Gasteiger partial charge in [0.2, 0.25) is 0 Å². The van der Waals surface area contributed by atoms with Crippen LogP contribution in [0.15, 0.2) is 23.0 Å². The monoisotopic (exact) mass is 207 g/mol. The highest BCUT2D eigenvalue weighted by Gasteiger charge is 2.04. The van der Waals surface area contributed by atoms with Gasteiger partial charge in [0.05, 0.1) is 5.52 Å². The molecule has 1 heterocycles. The fourth-order valence-corrected chi connectivity index (χ4v) is 1.52. The Morgan fingerprint density at radius 2 is 2.27 bits per heavy atom. The van der Waals surface area contributed by atoms with Gasteiger partial charge in [0.15, 0.2) is 0 Å². The second kappa shape index (κ2) is 3.78. The Hall–Kier alpha value is -1.75. The van der Waals surface area contributed by atoms with E-state index in [0.29, 0.717) is 29.6 Å². The van der Waals surface area contributed by atoms with Crippen molar-refractivity contribution in [2.24, 2.45) is 5.73 Å². The first kappa shape index (κ1) is 9.79. The molecule has 1 aromatic heterocycles. The highest BCUT2D eigenvalue weighted by Crippen LogP contribution is 2.14. The molecule has 3 N–H and O–H groups in total. The molecule has 5 heteroatoms. The standard InChI is InChI=1S/C10H10FN3O/c11-6-1-2-8-7(5-6)9(3-4-12)14-10(15)13-8/h1-2,5H,3-4,12H2,(H,13,14,15). The molecule has 0 spiro atoms. The van der Waals surface area contributed by atoms with Crippen LogP contribution in [0.2, 0.25) is 0 Å². The summed E-state index contributed by atoms with van der Waals surface area (Å²) >= 11 is 0. The van der Waals surface area contributed by atoms with Crippen LogP contribution in [0.3, 0.4) is 0 Å². The van der Waals surface area contributed by atoms with Crippen LogP contribution in [0.1, 0.15) is 5.69 Å². The summed E-state index contributed by atoms with van der Waals surface area (Å²) in [6.45, 7) is 0.394. The zero-order valence-corrected chi connectivity index (χ0v) is 7.96. The topological polar surface area (TPSA) is 71.8 Å². The Kier molecular flexibility index (Phi) is 2.47. The van der Waals surface area contributed by atoms with E-state index in [4.69, 9.17) is 5.73 Å². The van der Waals surface area contributed by atoms with Gasteiger partial charge in [0.1, 0.15) is 5.82 Å². The van der Waals surface area contributed by atoms with Crippen molar-refractivity contribution in [1.29, 1.82) is 0 Å². The second-order valence-corrected chi connectivity index (χ2v) is 3.22. The quantitative estimate of drug-likeness (QED) is 0.756. The molecule has 0 aliphatic rings. The average Bonchev–Trinajstić information content (AvgIpc) is 2.19. The van der Waals surface area contributed by atoms with Gasteiger partial charge in [-0.05, 0) is 24.7 Å². The van der Waals surface area contributed by atoms with Gasteiger partial charge < -0.3 is 10.7 Å². The summed E-state index contributed by atoms with van der Waals surface area (Å²) < 4.78 is 13.0. The summed E-state index contributed by atoms with van der Waals surface area (Å²) in [5.74, 6) is -0.352. The van der Waals surface area contributed by atoms with Crippen LogP contribution >= 0.6 is 0 Å². The van der Waals surface area contributed by atoms with Gasteiger partial charge in [0.25, 0.3) is 0 Å². The van der Waals surface area contributed by atoms with Crippen LogP contribution in [-0.2, 0) is 6.42 Å². The second-order valence-electron chi connectivity index (χ2n) is 3.22. The molecule has 2 rings (SSSR count). The molecule has 0 amide bonds. The molecule has 0 radical (unpaired) electrons. The van der Waals surface area contributed by atoms with Crippen LogP contribution in [0, 0.1) is 5.82 Å². The number of H-pyrrole nitrogens is 1. The summed E-state index contributed by atoms with van der Waals surface area (Å²) in [5, 5.41) is 0.611. The van der Waals surface area contributed by atoms with Crippen molar-refractivity contribution in [3.05, 3.63) is 40.2 Å². The lowest BCUT2D eigenvalue weighted by Gasteiger charge is -2.03. The van der Waals surface area contributed by atoms with Gasteiger partial charge in [-0.3, -0.25) is 0 Å². The molecular formula is C10H10FN3O. The van der Waals surface area contributed by atoms with Crippen molar-refractivity contribution in [3.63, 3.8) is 0 Å². The van der Waals surface area contributed by atoms with Crippen LogP contribution in [0.4, 0.5) is 4.39 Å². The molecule has 15 heavy (non-hydrogen) atoms. The zero-order valence-electron chi connectivity index (χ0n) is 7.96. The molecule has 4 nitrogen and oxygen atoms in total. The maximum absolute atomic E-state index is 13.0. The van der Waals surface area contributed by atoms with Crippen molar-refractivity contribution < 1.29 is 4.39 Å². The van der Waals surface area contributed by atoms with Crippen molar-refractivity contribution in [2.75, 3.05) is 6.54 Å². The van der Waals surface area contributed by atoms with E-state index in [1.54, 1.807) is 0 Å². The molecule has 0 atom stereocenters. The van der Waals surface area contributed by atoms with E-state index in [-0.39, 0.29) is 5.82 Å². The third-order valence-corrected chi connectivity index (χ3v) is 2.16. The Bertz CT molecular complexity index is 550. The zero-order chi connectivity index (χ0) is 10.8. The minimum atomic E-state index is -0.433. The van der Waals surface area contributed by atoms with Gasteiger partial charge >= 0.3 is 5.69 Å². The fourth-order valence-electron chi connectivity index (χ4n) is 1.52. The number of halogens is 1. The number of hydrogen-bond donors (Lipinski definition) is 2. The SMILES string of the molecule is NCCc1[nH]c(=O)nc2ccc(F)cc12. The molecule has 0 saturated carbocycles. The summed E-state index contributed by atoms with van der Waals surface area (Å²) in [4.78, 5) is 17.5. The average molecular weight is 207 g/mol. The van der Waals surface area contributed by atoms with E-state index in [9.17, 15) is 9.18 Å². The van der Waals surface area contributed by atoms with Crippen molar-refractivity contribution in [2.45, 2.75) is 6.42 Å². The van der Waals surface area contributed by atoms with Crippen LogP contribution in [0.5, 0.6) is 0 Å². The van der Waals surface area contributed by atoms with Crippen molar-refractivity contribution in [3.8, 4) is 0 Å². The maximum Gasteiger partial charge on any atom is 0.345 e. The Balaban J connectivity index is 2.75. The van der Waals surface area contributed by atoms with E-state index in [1.807, 2.05) is 0 Å². The highest BCUT2D eigenvalue weighted by atomic mass is 19.1. The first-order valence-corrected chi connectivity index (χ1v) is 4.59. The van der Waals surface area contributed by atoms with Gasteiger partial charge in [0, 0.05) is 17.5 Å². The minimum Gasteiger partial charge on any atom is -0.330 e. The molecule has 0 unspecified atom stereocenters. The lowest BCUT2D eigenvalue weighted by Crippen LogP contribution is -2.15.